The van der Waals surface area contributed by atoms with Crippen molar-refractivity contribution in [3.63, 3.8) is 0 Å². The summed E-state index contributed by atoms with van der Waals surface area (Å²) in [4.78, 5) is 8.79. The van der Waals surface area contributed by atoms with Gasteiger partial charge in [0.05, 0.1) is 18.4 Å². The Morgan fingerprint density at radius 2 is 2.12 bits per heavy atom. The zero-order chi connectivity index (χ0) is 16.5. The Hall–Kier alpha value is -2.38. The number of fused-ring (bicyclic) bond motifs is 1. The molecule has 0 unspecified atom stereocenters. The third-order valence-corrected chi connectivity index (χ3v) is 5.49. The molecule has 1 aromatic carbocycles. The number of hydrogen-bond acceptors (Lipinski definition) is 6. The predicted molar refractivity (Wildman–Crippen MR) is 102 cm³/mol. The molecule has 3 heterocycles. The summed E-state index contributed by atoms with van der Waals surface area (Å²) in [7, 11) is 4.08. The van der Waals surface area contributed by atoms with Crippen LogP contribution in [0, 0.1) is 0 Å². The highest BCUT2D eigenvalue weighted by atomic mass is 32.1. The summed E-state index contributed by atoms with van der Waals surface area (Å²) < 4.78 is 1.91. The Labute approximate surface area is 148 Å². The van der Waals surface area contributed by atoms with Gasteiger partial charge in [-0.05, 0) is 23.6 Å². The van der Waals surface area contributed by atoms with Crippen molar-refractivity contribution in [2.75, 3.05) is 24.3 Å². The summed E-state index contributed by atoms with van der Waals surface area (Å²) in [6.45, 7) is 0.791. The summed E-state index contributed by atoms with van der Waals surface area (Å²) in [6.07, 6.45) is 1.89. The molecule has 3 aromatic heterocycles. The van der Waals surface area contributed by atoms with Gasteiger partial charge in [-0.1, -0.05) is 29.5 Å². The second kappa shape index (κ2) is 6.26. The van der Waals surface area contributed by atoms with Crippen molar-refractivity contribution >= 4 is 38.5 Å². The maximum absolute atomic E-state index is 4.68. The lowest BCUT2D eigenvalue weighted by atomic mass is 10.1. The first-order valence-corrected chi connectivity index (χ1v) is 9.29. The minimum absolute atomic E-state index is 0.791. The molecule has 0 saturated heterocycles. The number of nitrogens with one attached hydrogen (secondary N) is 1. The lowest BCUT2D eigenvalue weighted by Gasteiger charge is -2.13. The van der Waals surface area contributed by atoms with Gasteiger partial charge in [0.1, 0.15) is 0 Å². The molecule has 0 atom stereocenters. The Morgan fingerprint density at radius 1 is 1.21 bits per heavy atom. The zero-order valence-electron chi connectivity index (χ0n) is 13.4. The smallest absolute Gasteiger partial charge is 0.214 e. The highest BCUT2D eigenvalue weighted by Crippen LogP contribution is 2.28. The van der Waals surface area contributed by atoms with E-state index in [9.17, 15) is 0 Å². The third-order valence-electron chi connectivity index (χ3n) is 3.74. The highest BCUT2D eigenvalue weighted by Gasteiger charge is 2.12. The number of thiophene rings is 1. The van der Waals surface area contributed by atoms with Gasteiger partial charge < -0.3 is 10.2 Å². The molecule has 7 heteroatoms. The predicted octanol–water partition coefficient (Wildman–Crippen LogP) is 4.20. The van der Waals surface area contributed by atoms with E-state index in [0.29, 0.717) is 0 Å². The maximum atomic E-state index is 4.68. The van der Waals surface area contributed by atoms with E-state index in [4.69, 9.17) is 0 Å². The zero-order valence-corrected chi connectivity index (χ0v) is 15.1. The summed E-state index contributed by atoms with van der Waals surface area (Å²) in [5, 5.41) is 11.0. The Kier molecular flexibility index (Phi) is 3.95. The minimum atomic E-state index is 0.791. The number of aromatic nitrogens is 3. The number of anilines is 2. The van der Waals surface area contributed by atoms with Crippen LogP contribution in [0.25, 0.3) is 16.2 Å². The topological polar surface area (TPSA) is 45.5 Å². The molecule has 0 fully saturated rings. The molecule has 5 nitrogen and oxygen atoms in total. The van der Waals surface area contributed by atoms with E-state index < -0.39 is 0 Å². The van der Waals surface area contributed by atoms with E-state index in [1.807, 2.05) is 24.8 Å². The summed E-state index contributed by atoms with van der Waals surface area (Å²) in [5.74, 6) is 0. The molecule has 122 valence electrons. The van der Waals surface area contributed by atoms with Crippen LogP contribution in [0.15, 0.2) is 48.0 Å². The SMILES string of the molecule is CN(C)c1cccc(-c2cnc3sc(NCc4cccs4)nn23)c1. The average molecular weight is 355 g/mol. The van der Waals surface area contributed by atoms with Crippen LogP contribution in [0.5, 0.6) is 0 Å². The van der Waals surface area contributed by atoms with Gasteiger partial charge in [-0.2, -0.15) is 0 Å². The molecule has 0 spiro atoms. The molecule has 0 aliphatic carbocycles. The van der Waals surface area contributed by atoms with E-state index in [-0.39, 0.29) is 0 Å². The Morgan fingerprint density at radius 3 is 2.92 bits per heavy atom. The van der Waals surface area contributed by atoms with Crippen molar-refractivity contribution in [1.29, 1.82) is 0 Å². The molecule has 24 heavy (non-hydrogen) atoms. The van der Waals surface area contributed by atoms with Crippen LogP contribution in [-0.4, -0.2) is 28.7 Å². The second-order valence-electron chi connectivity index (χ2n) is 5.62. The fourth-order valence-electron chi connectivity index (χ4n) is 2.48. The molecule has 0 amide bonds. The Balaban J connectivity index is 1.63. The number of imidazole rings is 1. The molecule has 1 N–H and O–H groups in total. The third kappa shape index (κ3) is 2.88. The van der Waals surface area contributed by atoms with Crippen LogP contribution >= 0.6 is 22.7 Å². The monoisotopic (exact) mass is 355 g/mol. The molecule has 4 rings (SSSR count). The van der Waals surface area contributed by atoms with Crippen molar-refractivity contribution < 1.29 is 0 Å². The molecule has 4 aromatic rings. The Bertz CT molecular complexity index is 953. The first-order chi connectivity index (χ1) is 11.7. The average Bonchev–Trinajstić information content (AvgIpc) is 3.29. The van der Waals surface area contributed by atoms with E-state index in [2.05, 4.69) is 62.1 Å². The maximum Gasteiger partial charge on any atom is 0.214 e. The van der Waals surface area contributed by atoms with Crippen molar-refractivity contribution in [1.82, 2.24) is 14.6 Å². The standard InChI is InChI=1S/C17H17N5S2/c1-21(2)13-6-3-5-12(9-13)15-11-19-17-22(15)20-16(24-17)18-10-14-7-4-8-23-14/h3-9,11H,10H2,1-2H3,(H,18,20). The summed E-state index contributed by atoms with van der Waals surface area (Å²) >= 11 is 3.31. The number of hydrogen-bond donors (Lipinski definition) is 1. The van der Waals surface area contributed by atoms with E-state index in [1.165, 1.54) is 4.88 Å². The van der Waals surface area contributed by atoms with Crippen LogP contribution in [0.2, 0.25) is 0 Å². The number of nitrogens with zero attached hydrogens (tertiary/aromatic N) is 4. The minimum Gasteiger partial charge on any atom is -0.378 e. The van der Waals surface area contributed by atoms with Gasteiger partial charge in [0.15, 0.2) is 0 Å². The summed E-state index contributed by atoms with van der Waals surface area (Å²) in [6, 6.07) is 12.6. The molecule has 0 bridgehead atoms. The van der Waals surface area contributed by atoms with Crippen LogP contribution in [-0.2, 0) is 6.54 Å². The van der Waals surface area contributed by atoms with Gasteiger partial charge in [-0.15, -0.1) is 16.4 Å². The molecular formula is C17H17N5S2. The largest absolute Gasteiger partial charge is 0.378 e. The quantitative estimate of drug-likeness (QED) is 0.583. The van der Waals surface area contributed by atoms with Crippen LogP contribution in [0.4, 0.5) is 10.8 Å². The highest BCUT2D eigenvalue weighted by molar-refractivity contribution is 7.20. The van der Waals surface area contributed by atoms with Crippen LogP contribution in [0.1, 0.15) is 4.88 Å². The normalized spacial score (nSPS) is 11.1. The fraction of sp³-hybridized carbons (Fsp3) is 0.176. The lowest BCUT2D eigenvalue weighted by molar-refractivity contribution is 0.970. The number of benzene rings is 1. The van der Waals surface area contributed by atoms with E-state index >= 15 is 0 Å². The molecular weight excluding hydrogens is 338 g/mol. The van der Waals surface area contributed by atoms with Gasteiger partial charge in [0.2, 0.25) is 10.1 Å². The molecule has 0 aliphatic rings. The van der Waals surface area contributed by atoms with Gasteiger partial charge in [-0.25, -0.2) is 9.50 Å². The van der Waals surface area contributed by atoms with Gasteiger partial charge in [0.25, 0.3) is 0 Å². The van der Waals surface area contributed by atoms with E-state index in [0.717, 1.165) is 33.6 Å². The van der Waals surface area contributed by atoms with Crippen molar-refractivity contribution in [3.05, 3.63) is 52.9 Å². The van der Waals surface area contributed by atoms with Gasteiger partial charge >= 0.3 is 0 Å². The fourth-order valence-corrected chi connectivity index (χ4v) is 3.90. The van der Waals surface area contributed by atoms with Crippen molar-refractivity contribution in [2.45, 2.75) is 6.54 Å². The van der Waals surface area contributed by atoms with Crippen LogP contribution in [0.3, 0.4) is 0 Å². The summed E-state index contributed by atoms with van der Waals surface area (Å²) in [5.41, 5.74) is 3.28. The molecule has 0 saturated carbocycles. The van der Waals surface area contributed by atoms with E-state index in [1.54, 1.807) is 22.7 Å². The first-order valence-electron chi connectivity index (χ1n) is 7.59. The van der Waals surface area contributed by atoms with Crippen molar-refractivity contribution in [2.24, 2.45) is 0 Å². The lowest BCUT2D eigenvalue weighted by Crippen LogP contribution is -2.08. The van der Waals surface area contributed by atoms with Crippen LogP contribution < -0.4 is 10.2 Å². The second-order valence-corrected chi connectivity index (χ2v) is 7.61. The number of rotatable bonds is 5. The molecule has 0 radical (unpaired) electrons. The van der Waals surface area contributed by atoms with Gasteiger partial charge in [0, 0.05) is 30.2 Å². The van der Waals surface area contributed by atoms with Crippen molar-refractivity contribution in [3.8, 4) is 11.3 Å². The van der Waals surface area contributed by atoms with Gasteiger partial charge in [-0.3, -0.25) is 0 Å². The first kappa shape index (κ1) is 15.2. The molecule has 0 aliphatic heterocycles.